The van der Waals surface area contributed by atoms with Crippen LogP contribution < -0.4 is 0 Å². The van der Waals surface area contributed by atoms with Gasteiger partial charge in [-0.05, 0) is 13.8 Å². The molecule has 0 radical (unpaired) electrons. The first-order valence-electron chi connectivity index (χ1n) is 4.75. The lowest BCUT2D eigenvalue weighted by Gasteiger charge is -1.97. The number of ether oxygens (including phenoxy) is 1. The van der Waals surface area contributed by atoms with Gasteiger partial charge in [-0.2, -0.15) is 0 Å². The molecule has 0 aliphatic carbocycles. The van der Waals surface area contributed by atoms with E-state index in [0.717, 1.165) is 0 Å². The van der Waals surface area contributed by atoms with E-state index in [4.69, 9.17) is 9.84 Å². The Morgan fingerprint density at radius 1 is 1.67 bits per heavy atom. The Hall–Kier alpha value is -1.42. The number of aliphatic hydroxyl groups excluding tert-OH is 1. The standard InChI is InChI=1S/C11H14O4/c1-7(12)3-4-9-6-15-11(14)10(9)5-8(2)13/h3-4,7,12H,5-6H2,1-2H3/b4-3+/t7-/m1/s1. The average Bonchev–Trinajstić information content (AvgIpc) is 2.44. The molecule has 82 valence electrons. The van der Waals surface area contributed by atoms with Crippen molar-refractivity contribution in [3.63, 3.8) is 0 Å². The fraction of sp³-hybridized carbons (Fsp3) is 0.455. The van der Waals surface area contributed by atoms with Crippen molar-refractivity contribution in [3.8, 4) is 0 Å². The Kier molecular flexibility index (Phi) is 3.80. The Balaban J connectivity index is 2.85. The van der Waals surface area contributed by atoms with Crippen LogP contribution in [0, 0.1) is 0 Å². The molecule has 0 unspecified atom stereocenters. The van der Waals surface area contributed by atoms with Crippen molar-refractivity contribution < 1.29 is 19.4 Å². The fourth-order valence-electron chi connectivity index (χ4n) is 1.29. The Labute approximate surface area is 88.2 Å². The van der Waals surface area contributed by atoms with Crippen LogP contribution in [0.25, 0.3) is 0 Å². The summed E-state index contributed by atoms with van der Waals surface area (Å²) in [6.07, 6.45) is 2.70. The number of aliphatic hydroxyl groups is 1. The summed E-state index contributed by atoms with van der Waals surface area (Å²) in [5.41, 5.74) is 1.08. The molecule has 0 spiro atoms. The lowest BCUT2D eigenvalue weighted by Crippen LogP contribution is -2.03. The number of cyclic esters (lactones) is 1. The molecule has 0 aromatic carbocycles. The normalized spacial score (nSPS) is 18.5. The zero-order chi connectivity index (χ0) is 11.4. The zero-order valence-corrected chi connectivity index (χ0v) is 8.82. The van der Waals surface area contributed by atoms with E-state index < -0.39 is 12.1 Å². The van der Waals surface area contributed by atoms with Gasteiger partial charge in [0, 0.05) is 12.0 Å². The Bertz CT molecular complexity index is 336. The van der Waals surface area contributed by atoms with Crippen molar-refractivity contribution >= 4 is 11.8 Å². The monoisotopic (exact) mass is 210 g/mol. The third-order valence-corrected chi connectivity index (χ3v) is 1.99. The molecule has 1 N–H and O–H groups in total. The summed E-state index contributed by atoms with van der Waals surface area (Å²) in [5.74, 6) is -0.512. The van der Waals surface area contributed by atoms with Crippen molar-refractivity contribution in [1.82, 2.24) is 0 Å². The van der Waals surface area contributed by atoms with Gasteiger partial charge in [-0.25, -0.2) is 4.79 Å². The summed E-state index contributed by atoms with van der Waals surface area (Å²) in [6.45, 7) is 3.22. The molecule has 0 aromatic heterocycles. The first-order chi connectivity index (χ1) is 7.00. The maximum absolute atomic E-state index is 11.2. The van der Waals surface area contributed by atoms with E-state index in [1.165, 1.54) is 6.92 Å². The molecule has 0 aromatic rings. The van der Waals surface area contributed by atoms with Gasteiger partial charge in [0.2, 0.25) is 0 Å². The van der Waals surface area contributed by atoms with Crippen LogP contribution in [0.3, 0.4) is 0 Å². The third-order valence-electron chi connectivity index (χ3n) is 1.99. The molecule has 0 fully saturated rings. The summed E-state index contributed by atoms with van der Waals surface area (Å²) >= 11 is 0. The summed E-state index contributed by atoms with van der Waals surface area (Å²) in [5, 5.41) is 9.04. The fourth-order valence-corrected chi connectivity index (χ4v) is 1.29. The Morgan fingerprint density at radius 2 is 2.33 bits per heavy atom. The summed E-state index contributed by atoms with van der Waals surface area (Å²) in [4.78, 5) is 22.1. The van der Waals surface area contributed by atoms with Gasteiger partial charge >= 0.3 is 5.97 Å². The average molecular weight is 210 g/mol. The van der Waals surface area contributed by atoms with Crippen molar-refractivity contribution in [2.24, 2.45) is 0 Å². The van der Waals surface area contributed by atoms with Gasteiger partial charge in [0.1, 0.15) is 12.4 Å². The molecule has 1 rings (SSSR count). The van der Waals surface area contributed by atoms with Crippen molar-refractivity contribution in [1.29, 1.82) is 0 Å². The maximum Gasteiger partial charge on any atom is 0.335 e. The van der Waals surface area contributed by atoms with Crippen LogP contribution in [0.1, 0.15) is 20.3 Å². The van der Waals surface area contributed by atoms with Crippen LogP contribution in [0.4, 0.5) is 0 Å². The van der Waals surface area contributed by atoms with Crippen LogP contribution in [0.5, 0.6) is 0 Å². The van der Waals surface area contributed by atoms with Gasteiger partial charge < -0.3 is 9.84 Å². The number of hydrogen-bond donors (Lipinski definition) is 1. The molecule has 1 atom stereocenters. The number of esters is 1. The third kappa shape index (κ3) is 3.32. The van der Waals surface area contributed by atoms with E-state index in [1.807, 2.05) is 0 Å². The molecule has 1 heterocycles. The number of Topliss-reactive ketones (excluding diaryl/α,β-unsaturated/α-hetero) is 1. The second-order valence-electron chi connectivity index (χ2n) is 3.56. The molecule has 1 aliphatic rings. The second kappa shape index (κ2) is 4.89. The van der Waals surface area contributed by atoms with Gasteiger partial charge in [0.15, 0.2) is 0 Å². The highest BCUT2D eigenvalue weighted by Crippen LogP contribution is 2.20. The Morgan fingerprint density at radius 3 is 2.87 bits per heavy atom. The number of hydrogen-bond acceptors (Lipinski definition) is 4. The molecule has 1 aliphatic heterocycles. The van der Waals surface area contributed by atoms with Crippen LogP contribution in [-0.2, 0) is 14.3 Å². The summed E-state index contributed by atoms with van der Waals surface area (Å²) in [6, 6.07) is 0. The molecule has 0 bridgehead atoms. The molecule has 4 nitrogen and oxygen atoms in total. The zero-order valence-electron chi connectivity index (χ0n) is 8.82. The smallest absolute Gasteiger partial charge is 0.335 e. The molecule has 0 amide bonds. The number of rotatable bonds is 4. The van der Waals surface area contributed by atoms with Crippen molar-refractivity contribution in [3.05, 3.63) is 23.3 Å². The summed E-state index contributed by atoms with van der Waals surface area (Å²) < 4.78 is 4.81. The minimum atomic E-state index is -0.577. The number of carbonyl (C=O) groups is 2. The van der Waals surface area contributed by atoms with Gasteiger partial charge in [-0.3, -0.25) is 4.79 Å². The molecule has 4 heteroatoms. The predicted octanol–water partition coefficient (Wildman–Crippen LogP) is 0.756. The highest BCUT2D eigenvalue weighted by atomic mass is 16.5. The largest absolute Gasteiger partial charge is 0.457 e. The van der Waals surface area contributed by atoms with Crippen molar-refractivity contribution in [2.45, 2.75) is 26.4 Å². The van der Waals surface area contributed by atoms with E-state index in [1.54, 1.807) is 19.1 Å². The molecular formula is C11H14O4. The number of carbonyl (C=O) groups excluding carboxylic acids is 2. The van der Waals surface area contributed by atoms with Crippen LogP contribution in [0.2, 0.25) is 0 Å². The van der Waals surface area contributed by atoms with E-state index in [-0.39, 0.29) is 18.8 Å². The van der Waals surface area contributed by atoms with E-state index >= 15 is 0 Å². The minimum Gasteiger partial charge on any atom is -0.457 e. The SMILES string of the molecule is CC(=O)CC1=C(/C=C/[C@@H](C)O)COC1=O. The van der Waals surface area contributed by atoms with Crippen LogP contribution >= 0.6 is 0 Å². The van der Waals surface area contributed by atoms with Gasteiger partial charge in [-0.1, -0.05) is 12.2 Å². The minimum absolute atomic E-state index is 0.0770. The molecule has 0 saturated carbocycles. The quantitative estimate of drug-likeness (QED) is 0.696. The summed E-state index contributed by atoms with van der Waals surface area (Å²) in [7, 11) is 0. The molecule has 15 heavy (non-hydrogen) atoms. The first-order valence-corrected chi connectivity index (χ1v) is 4.75. The van der Waals surface area contributed by atoms with Gasteiger partial charge in [0.05, 0.1) is 11.7 Å². The van der Waals surface area contributed by atoms with Gasteiger partial charge in [-0.15, -0.1) is 0 Å². The number of ketones is 1. The maximum atomic E-state index is 11.2. The van der Waals surface area contributed by atoms with Gasteiger partial charge in [0.25, 0.3) is 0 Å². The lowest BCUT2D eigenvalue weighted by atomic mass is 10.0. The van der Waals surface area contributed by atoms with E-state index in [0.29, 0.717) is 11.1 Å². The highest BCUT2D eigenvalue weighted by molar-refractivity contribution is 5.98. The topological polar surface area (TPSA) is 63.6 Å². The lowest BCUT2D eigenvalue weighted by molar-refractivity contribution is -0.136. The van der Waals surface area contributed by atoms with E-state index in [2.05, 4.69) is 0 Å². The molecule has 0 saturated heterocycles. The van der Waals surface area contributed by atoms with E-state index in [9.17, 15) is 9.59 Å². The first kappa shape index (κ1) is 11.7. The van der Waals surface area contributed by atoms with Crippen LogP contribution in [-0.4, -0.2) is 29.6 Å². The van der Waals surface area contributed by atoms with Crippen LogP contribution in [0.15, 0.2) is 23.3 Å². The second-order valence-corrected chi connectivity index (χ2v) is 3.56. The molecular weight excluding hydrogens is 196 g/mol. The van der Waals surface area contributed by atoms with Crippen molar-refractivity contribution in [2.75, 3.05) is 6.61 Å². The predicted molar refractivity (Wildman–Crippen MR) is 54.1 cm³/mol. The highest BCUT2D eigenvalue weighted by Gasteiger charge is 2.23.